The van der Waals surface area contributed by atoms with Gasteiger partial charge in [0, 0.05) is 22.2 Å². The maximum absolute atomic E-state index is 14.2. The van der Waals surface area contributed by atoms with E-state index in [1.165, 1.54) is 31.2 Å². The van der Waals surface area contributed by atoms with Crippen molar-refractivity contribution >= 4 is 22.7 Å². The van der Waals surface area contributed by atoms with Crippen LogP contribution in [0.1, 0.15) is 43.4 Å². The number of fused-ring (bicyclic) bond motifs is 1. The van der Waals surface area contributed by atoms with Crippen molar-refractivity contribution in [2.45, 2.75) is 19.6 Å². The molecule has 0 fully saturated rings. The topological polar surface area (TPSA) is 141 Å². The van der Waals surface area contributed by atoms with Crippen LogP contribution in [0.15, 0.2) is 42.5 Å². The predicted molar refractivity (Wildman–Crippen MR) is 120 cm³/mol. The fraction of sp³-hybridized carbons (Fsp3) is 0.125. The van der Waals surface area contributed by atoms with Gasteiger partial charge in [-0.15, -0.1) is 0 Å². The summed E-state index contributed by atoms with van der Waals surface area (Å²) in [5.74, 6) is -2.99. The van der Waals surface area contributed by atoms with Crippen molar-refractivity contribution < 1.29 is 27.2 Å². The molecule has 2 aromatic carbocycles. The average Bonchev–Trinajstić information content (AvgIpc) is 3.13. The van der Waals surface area contributed by atoms with E-state index in [0.29, 0.717) is 0 Å². The van der Waals surface area contributed by atoms with E-state index in [2.05, 4.69) is 10.1 Å². The molecule has 0 unspecified atom stereocenters. The van der Waals surface area contributed by atoms with Gasteiger partial charge in [-0.2, -0.15) is 23.5 Å². The average molecular weight is 496 g/mol. The predicted octanol–water partition coefficient (Wildman–Crippen LogP) is 3.68. The van der Waals surface area contributed by atoms with Crippen molar-refractivity contribution in [3.63, 3.8) is 0 Å². The van der Waals surface area contributed by atoms with Gasteiger partial charge in [0.05, 0.1) is 29.3 Å². The molecule has 12 heteroatoms. The number of aromatic nitrogens is 3. The van der Waals surface area contributed by atoms with Gasteiger partial charge in [0.1, 0.15) is 11.5 Å². The van der Waals surface area contributed by atoms with Gasteiger partial charge < -0.3 is 11.5 Å². The number of rotatable bonds is 5. The number of amides is 2. The second-order valence-electron chi connectivity index (χ2n) is 7.83. The second-order valence-corrected chi connectivity index (χ2v) is 7.83. The van der Waals surface area contributed by atoms with E-state index in [1.807, 2.05) is 6.07 Å². The number of alkyl halides is 3. The minimum atomic E-state index is -5.04. The van der Waals surface area contributed by atoms with Crippen LogP contribution >= 0.6 is 0 Å². The van der Waals surface area contributed by atoms with Gasteiger partial charge in [0.2, 0.25) is 5.91 Å². The van der Waals surface area contributed by atoms with E-state index in [9.17, 15) is 32.4 Å². The molecular formula is C24H16F4N6O2. The van der Waals surface area contributed by atoms with E-state index >= 15 is 0 Å². The van der Waals surface area contributed by atoms with Crippen LogP contribution in [0.5, 0.6) is 0 Å². The molecule has 0 spiro atoms. The molecule has 4 rings (SSSR count). The quantitative estimate of drug-likeness (QED) is 0.406. The number of carbonyl (C=O) groups excluding carboxylic acids is 2. The molecule has 0 aliphatic carbocycles. The van der Waals surface area contributed by atoms with Crippen molar-refractivity contribution in [3.05, 3.63) is 82.1 Å². The number of primary amides is 2. The number of benzene rings is 2. The highest BCUT2D eigenvalue weighted by Crippen LogP contribution is 2.42. The zero-order valence-electron chi connectivity index (χ0n) is 18.5. The lowest BCUT2D eigenvalue weighted by molar-refractivity contribution is -0.141. The van der Waals surface area contributed by atoms with E-state index in [0.717, 1.165) is 16.8 Å². The number of para-hydroxylation sites is 1. The van der Waals surface area contributed by atoms with Crippen LogP contribution in [0, 0.1) is 24.1 Å². The molecule has 0 aliphatic heterocycles. The first kappa shape index (κ1) is 24.3. The van der Waals surface area contributed by atoms with Gasteiger partial charge in [-0.25, -0.2) is 9.37 Å². The third kappa shape index (κ3) is 4.11. The molecular weight excluding hydrogens is 480 g/mol. The van der Waals surface area contributed by atoms with Crippen molar-refractivity contribution in [2.75, 3.05) is 0 Å². The summed E-state index contributed by atoms with van der Waals surface area (Å²) >= 11 is 0. The minimum absolute atomic E-state index is 0.0319. The molecule has 0 aliphatic rings. The summed E-state index contributed by atoms with van der Waals surface area (Å²) in [6, 6.07) is 11.1. The lowest BCUT2D eigenvalue weighted by Gasteiger charge is -2.16. The third-order valence-electron chi connectivity index (χ3n) is 5.61. The van der Waals surface area contributed by atoms with Crippen molar-refractivity contribution in [1.29, 1.82) is 5.26 Å². The zero-order valence-corrected chi connectivity index (χ0v) is 18.5. The number of halogens is 4. The molecule has 0 bridgehead atoms. The molecule has 8 nitrogen and oxygen atoms in total. The SMILES string of the molecule is Cc1c(-c2c(C(N)=O)nc3ccccc3c2C(N)=O)c(C(F)(F)F)nn1Cc1cc(F)ccc1C#N. The maximum Gasteiger partial charge on any atom is 0.435 e. The van der Waals surface area contributed by atoms with Crippen molar-refractivity contribution in [3.8, 4) is 17.2 Å². The zero-order chi connectivity index (χ0) is 26.4. The van der Waals surface area contributed by atoms with Gasteiger partial charge >= 0.3 is 6.18 Å². The fourth-order valence-electron chi connectivity index (χ4n) is 4.05. The Hall–Kier alpha value is -4.79. The van der Waals surface area contributed by atoms with Crippen LogP contribution in [0.4, 0.5) is 17.6 Å². The third-order valence-corrected chi connectivity index (χ3v) is 5.61. The van der Waals surface area contributed by atoms with Crippen LogP contribution in [0.25, 0.3) is 22.0 Å². The van der Waals surface area contributed by atoms with E-state index in [1.54, 1.807) is 6.07 Å². The van der Waals surface area contributed by atoms with Crippen molar-refractivity contribution in [1.82, 2.24) is 14.8 Å². The molecule has 4 aromatic rings. The van der Waals surface area contributed by atoms with Crippen LogP contribution < -0.4 is 11.5 Å². The Morgan fingerprint density at radius 3 is 2.39 bits per heavy atom. The van der Waals surface area contributed by atoms with Gasteiger partial charge in [0.15, 0.2) is 5.69 Å². The van der Waals surface area contributed by atoms with E-state index in [4.69, 9.17) is 11.5 Å². The monoisotopic (exact) mass is 496 g/mol. The summed E-state index contributed by atoms with van der Waals surface area (Å²) in [7, 11) is 0. The molecule has 0 saturated heterocycles. The second kappa shape index (κ2) is 8.77. The number of carbonyl (C=O) groups is 2. The Labute approximate surface area is 200 Å². The normalized spacial score (nSPS) is 11.4. The highest BCUT2D eigenvalue weighted by molar-refractivity contribution is 6.15. The summed E-state index contributed by atoms with van der Waals surface area (Å²) in [5.41, 5.74) is 7.58. The summed E-state index contributed by atoms with van der Waals surface area (Å²) in [4.78, 5) is 29.0. The Morgan fingerprint density at radius 1 is 1.08 bits per heavy atom. The first-order chi connectivity index (χ1) is 16.9. The van der Waals surface area contributed by atoms with Crippen LogP contribution in [-0.4, -0.2) is 26.6 Å². The van der Waals surface area contributed by atoms with Gasteiger partial charge in [-0.3, -0.25) is 14.3 Å². The number of nitrogens with zero attached hydrogens (tertiary/aromatic N) is 4. The number of pyridine rings is 1. The standard InChI is InChI=1S/C24H16F4N6O2/c1-11-17(19-18(22(30)35)15-4-2-3-5-16(15)32-20(19)23(31)36)21(24(26,27)28)33-34(11)10-13-8-14(25)7-6-12(13)9-29/h2-8H,10H2,1H3,(H2,30,35)(H2,31,36). The first-order valence-corrected chi connectivity index (χ1v) is 10.3. The summed E-state index contributed by atoms with van der Waals surface area (Å²) in [5, 5.41) is 13.1. The first-order valence-electron chi connectivity index (χ1n) is 10.3. The van der Waals surface area contributed by atoms with Crippen LogP contribution in [-0.2, 0) is 12.7 Å². The highest BCUT2D eigenvalue weighted by Gasteiger charge is 2.41. The largest absolute Gasteiger partial charge is 0.435 e. The van der Waals surface area contributed by atoms with Gasteiger partial charge in [-0.05, 0) is 36.8 Å². The van der Waals surface area contributed by atoms with Gasteiger partial charge in [-0.1, -0.05) is 18.2 Å². The van der Waals surface area contributed by atoms with Crippen LogP contribution in [0.2, 0.25) is 0 Å². The number of nitriles is 1. The van der Waals surface area contributed by atoms with E-state index < -0.39 is 52.9 Å². The van der Waals surface area contributed by atoms with Gasteiger partial charge in [0.25, 0.3) is 5.91 Å². The number of nitrogens with two attached hydrogens (primary N) is 2. The highest BCUT2D eigenvalue weighted by atomic mass is 19.4. The Morgan fingerprint density at radius 2 is 1.78 bits per heavy atom. The van der Waals surface area contributed by atoms with Crippen LogP contribution in [0.3, 0.4) is 0 Å². The summed E-state index contributed by atoms with van der Waals surface area (Å²) in [6.07, 6.45) is -5.04. The molecule has 0 atom stereocenters. The molecule has 4 N–H and O–H groups in total. The smallest absolute Gasteiger partial charge is 0.366 e. The molecule has 2 aromatic heterocycles. The minimum Gasteiger partial charge on any atom is -0.366 e. The number of hydrogen-bond acceptors (Lipinski definition) is 5. The summed E-state index contributed by atoms with van der Waals surface area (Å²) < 4.78 is 57.4. The molecule has 182 valence electrons. The summed E-state index contributed by atoms with van der Waals surface area (Å²) in [6.45, 7) is 0.863. The lowest BCUT2D eigenvalue weighted by atomic mass is 9.92. The van der Waals surface area contributed by atoms with Crippen molar-refractivity contribution in [2.24, 2.45) is 11.5 Å². The molecule has 36 heavy (non-hydrogen) atoms. The molecule has 2 heterocycles. The maximum atomic E-state index is 14.2. The Balaban J connectivity index is 2.10. The molecule has 0 radical (unpaired) electrons. The molecule has 0 saturated carbocycles. The molecule has 2 amide bonds. The lowest BCUT2D eigenvalue weighted by Crippen LogP contribution is -2.21. The Kier molecular flexibility index (Phi) is 5.93. The van der Waals surface area contributed by atoms with E-state index in [-0.39, 0.29) is 33.3 Å². The number of hydrogen-bond donors (Lipinski definition) is 2. The Bertz CT molecular complexity index is 1600. The fourth-order valence-corrected chi connectivity index (χ4v) is 4.05.